The quantitative estimate of drug-likeness (QED) is 0.717. The van der Waals surface area contributed by atoms with E-state index in [2.05, 4.69) is 15.6 Å². The Kier molecular flexibility index (Phi) is 3.88. The number of carbonyl (C=O) groups is 2. The fourth-order valence-corrected chi connectivity index (χ4v) is 1.90. The second-order valence-electron chi connectivity index (χ2n) is 4.36. The lowest BCUT2D eigenvalue weighted by atomic mass is 10.2. The number of benzene rings is 1. The Morgan fingerprint density at radius 3 is 2.75 bits per heavy atom. The van der Waals surface area contributed by atoms with Gasteiger partial charge in [-0.1, -0.05) is 0 Å². The molecule has 0 saturated heterocycles. The van der Waals surface area contributed by atoms with Crippen LogP contribution in [0.1, 0.15) is 17.3 Å². The number of aromatic amines is 1. The van der Waals surface area contributed by atoms with Crippen molar-refractivity contribution in [1.82, 2.24) is 20.2 Å². The molecule has 0 radical (unpaired) electrons. The maximum absolute atomic E-state index is 11.9. The lowest BCUT2D eigenvalue weighted by molar-refractivity contribution is -0.120. The lowest BCUT2D eigenvalue weighted by Crippen LogP contribution is -2.36. The Hall–Kier alpha value is -2.57. The Bertz CT molecular complexity index is 714. The van der Waals surface area contributed by atoms with Gasteiger partial charge in [0.15, 0.2) is 0 Å². The second-order valence-corrected chi connectivity index (χ2v) is 4.36. The number of H-pyrrole nitrogens is 1. The van der Waals surface area contributed by atoms with Gasteiger partial charge in [0.2, 0.25) is 5.91 Å². The summed E-state index contributed by atoms with van der Waals surface area (Å²) >= 11 is 0. The molecule has 2 aromatic rings. The number of hydrogen-bond donors (Lipinski definition) is 3. The molecule has 2 rings (SSSR count). The highest BCUT2D eigenvalue weighted by Gasteiger charge is 2.10. The predicted octanol–water partition coefficient (Wildman–Crippen LogP) is -0.268. The fraction of sp³-hybridized carbons (Fsp3) is 0.308. The first-order chi connectivity index (χ1) is 9.52. The van der Waals surface area contributed by atoms with Gasteiger partial charge in [0, 0.05) is 19.2 Å². The fourth-order valence-electron chi connectivity index (χ4n) is 1.90. The summed E-state index contributed by atoms with van der Waals surface area (Å²) in [6, 6.07) is 4.89. The molecule has 1 heterocycles. The molecule has 7 heteroatoms. The maximum Gasteiger partial charge on any atom is 0.326 e. The van der Waals surface area contributed by atoms with Crippen molar-refractivity contribution in [1.29, 1.82) is 0 Å². The molecule has 0 aliphatic heterocycles. The van der Waals surface area contributed by atoms with E-state index < -0.39 is 0 Å². The highest BCUT2D eigenvalue weighted by atomic mass is 16.2. The third-order valence-electron chi connectivity index (χ3n) is 2.95. The SMILES string of the molecule is CCNC(=O)CNC(=O)c1ccc2c(c1)[nH]c(=O)n2C. The number of nitrogens with zero attached hydrogens (tertiary/aromatic N) is 1. The van der Waals surface area contributed by atoms with E-state index in [4.69, 9.17) is 0 Å². The van der Waals surface area contributed by atoms with E-state index in [1.807, 2.05) is 0 Å². The van der Waals surface area contributed by atoms with Gasteiger partial charge in [-0.05, 0) is 25.1 Å². The van der Waals surface area contributed by atoms with Crippen molar-refractivity contribution in [3.63, 3.8) is 0 Å². The molecule has 20 heavy (non-hydrogen) atoms. The average Bonchev–Trinajstić information content (AvgIpc) is 2.71. The molecule has 0 saturated carbocycles. The van der Waals surface area contributed by atoms with E-state index >= 15 is 0 Å². The van der Waals surface area contributed by atoms with Gasteiger partial charge in [-0.3, -0.25) is 14.2 Å². The zero-order chi connectivity index (χ0) is 14.7. The Labute approximate surface area is 115 Å². The summed E-state index contributed by atoms with van der Waals surface area (Å²) in [6.07, 6.45) is 0. The van der Waals surface area contributed by atoms with Gasteiger partial charge in [0.05, 0.1) is 17.6 Å². The standard InChI is InChI=1S/C13H16N4O3/c1-3-14-11(18)7-15-12(19)8-4-5-10-9(6-8)16-13(20)17(10)2/h4-6H,3,7H2,1-2H3,(H,14,18)(H,15,19)(H,16,20). The minimum Gasteiger partial charge on any atom is -0.355 e. The van der Waals surface area contributed by atoms with Crippen LogP contribution in [-0.4, -0.2) is 34.5 Å². The van der Waals surface area contributed by atoms with Gasteiger partial charge in [0.1, 0.15) is 0 Å². The molecule has 0 aliphatic rings. The summed E-state index contributed by atoms with van der Waals surface area (Å²) < 4.78 is 1.46. The number of hydrogen-bond acceptors (Lipinski definition) is 3. The van der Waals surface area contributed by atoms with Crippen LogP contribution in [0.2, 0.25) is 0 Å². The minimum absolute atomic E-state index is 0.0734. The first-order valence-electron chi connectivity index (χ1n) is 6.26. The van der Waals surface area contributed by atoms with Gasteiger partial charge in [0.25, 0.3) is 5.91 Å². The number of rotatable bonds is 4. The zero-order valence-corrected chi connectivity index (χ0v) is 11.3. The second kappa shape index (κ2) is 5.60. The van der Waals surface area contributed by atoms with E-state index in [9.17, 15) is 14.4 Å². The molecule has 1 aromatic carbocycles. The molecule has 106 valence electrons. The number of imidazole rings is 1. The predicted molar refractivity (Wildman–Crippen MR) is 74.6 cm³/mol. The number of amides is 2. The van der Waals surface area contributed by atoms with Crippen molar-refractivity contribution in [3.8, 4) is 0 Å². The Balaban J connectivity index is 2.14. The van der Waals surface area contributed by atoms with Gasteiger partial charge < -0.3 is 15.6 Å². The lowest BCUT2D eigenvalue weighted by Gasteiger charge is -2.05. The third kappa shape index (κ3) is 2.71. The van der Waals surface area contributed by atoms with Crippen LogP contribution < -0.4 is 16.3 Å². The molecule has 0 aliphatic carbocycles. The molecule has 3 N–H and O–H groups in total. The van der Waals surface area contributed by atoms with Crippen LogP contribution in [0.5, 0.6) is 0 Å². The molecule has 7 nitrogen and oxygen atoms in total. The van der Waals surface area contributed by atoms with E-state index in [1.165, 1.54) is 4.57 Å². The van der Waals surface area contributed by atoms with Crippen LogP contribution in [0.25, 0.3) is 11.0 Å². The van der Waals surface area contributed by atoms with Gasteiger partial charge in [-0.25, -0.2) is 4.79 Å². The summed E-state index contributed by atoms with van der Waals surface area (Å²) in [7, 11) is 1.65. The minimum atomic E-state index is -0.358. The van der Waals surface area contributed by atoms with Gasteiger partial charge >= 0.3 is 5.69 Å². The summed E-state index contributed by atoms with van der Waals surface area (Å²) in [5.74, 6) is -0.599. The third-order valence-corrected chi connectivity index (χ3v) is 2.95. The number of likely N-dealkylation sites (N-methyl/N-ethyl adjacent to an activating group) is 1. The zero-order valence-electron chi connectivity index (χ0n) is 11.3. The molecule has 1 aromatic heterocycles. The normalized spacial score (nSPS) is 10.5. The Morgan fingerprint density at radius 1 is 1.30 bits per heavy atom. The summed E-state index contributed by atoms with van der Waals surface area (Å²) in [4.78, 5) is 37.3. The van der Waals surface area contributed by atoms with Crippen LogP contribution in [0.4, 0.5) is 0 Å². The highest BCUT2D eigenvalue weighted by molar-refractivity contribution is 5.99. The molecule has 0 fully saturated rings. The maximum atomic E-state index is 11.9. The van der Waals surface area contributed by atoms with Crippen LogP contribution in [0.3, 0.4) is 0 Å². The summed E-state index contributed by atoms with van der Waals surface area (Å²) in [6.45, 7) is 2.25. The average molecular weight is 276 g/mol. The van der Waals surface area contributed by atoms with Crippen LogP contribution in [0.15, 0.2) is 23.0 Å². The molecule has 0 spiro atoms. The molecule has 2 amide bonds. The van der Waals surface area contributed by atoms with Gasteiger partial charge in [-0.15, -0.1) is 0 Å². The smallest absolute Gasteiger partial charge is 0.326 e. The molecule has 0 atom stereocenters. The number of carbonyl (C=O) groups excluding carboxylic acids is 2. The molecular formula is C13H16N4O3. The van der Waals surface area contributed by atoms with Gasteiger partial charge in [-0.2, -0.15) is 0 Å². The van der Waals surface area contributed by atoms with Crippen molar-refractivity contribution in [2.75, 3.05) is 13.1 Å². The molecular weight excluding hydrogens is 260 g/mol. The van der Waals surface area contributed by atoms with E-state index in [1.54, 1.807) is 32.2 Å². The topological polar surface area (TPSA) is 96.0 Å². The van der Waals surface area contributed by atoms with Crippen molar-refractivity contribution < 1.29 is 9.59 Å². The molecule has 0 unspecified atom stereocenters. The van der Waals surface area contributed by atoms with Crippen molar-refractivity contribution in [2.24, 2.45) is 7.05 Å². The largest absolute Gasteiger partial charge is 0.355 e. The van der Waals surface area contributed by atoms with Crippen molar-refractivity contribution in [3.05, 3.63) is 34.2 Å². The van der Waals surface area contributed by atoms with Crippen LogP contribution in [0, 0.1) is 0 Å². The summed E-state index contributed by atoms with van der Waals surface area (Å²) in [5, 5.41) is 5.11. The van der Waals surface area contributed by atoms with Crippen LogP contribution in [-0.2, 0) is 11.8 Å². The van der Waals surface area contributed by atoms with E-state index in [0.29, 0.717) is 17.6 Å². The monoisotopic (exact) mass is 276 g/mol. The molecule has 0 bridgehead atoms. The van der Waals surface area contributed by atoms with E-state index in [-0.39, 0.29) is 24.0 Å². The van der Waals surface area contributed by atoms with Crippen molar-refractivity contribution >= 4 is 22.8 Å². The van der Waals surface area contributed by atoms with Crippen LogP contribution >= 0.6 is 0 Å². The number of fused-ring (bicyclic) bond motifs is 1. The number of aryl methyl sites for hydroxylation is 1. The van der Waals surface area contributed by atoms with Crippen molar-refractivity contribution in [2.45, 2.75) is 6.92 Å². The number of aromatic nitrogens is 2. The summed E-state index contributed by atoms with van der Waals surface area (Å²) in [5.41, 5.74) is 1.46. The number of nitrogens with one attached hydrogen (secondary N) is 3. The highest BCUT2D eigenvalue weighted by Crippen LogP contribution is 2.11. The first kappa shape index (κ1) is 13.9. The van der Waals surface area contributed by atoms with E-state index in [0.717, 1.165) is 5.52 Å². The Morgan fingerprint density at radius 2 is 2.05 bits per heavy atom. The first-order valence-corrected chi connectivity index (χ1v) is 6.26.